The van der Waals surface area contributed by atoms with Gasteiger partial charge in [0.1, 0.15) is 12.7 Å². The Morgan fingerprint density at radius 2 is 2.24 bits per heavy atom. The van der Waals surface area contributed by atoms with E-state index < -0.39 is 0 Å². The topological polar surface area (TPSA) is 108 Å². The van der Waals surface area contributed by atoms with Crippen molar-refractivity contribution in [2.24, 2.45) is 5.92 Å². The summed E-state index contributed by atoms with van der Waals surface area (Å²) in [5, 5.41) is 3.98. The second-order valence-electron chi connectivity index (χ2n) is 5.07. The van der Waals surface area contributed by atoms with Crippen molar-refractivity contribution >= 4 is 11.9 Å². The van der Waals surface area contributed by atoms with Gasteiger partial charge in [0.05, 0.1) is 6.61 Å². The van der Waals surface area contributed by atoms with Crippen molar-refractivity contribution in [3.63, 3.8) is 0 Å². The highest BCUT2D eigenvalue weighted by Gasteiger charge is 2.21. The highest BCUT2D eigenvalue weighted by molar-refractivity contribution is 5.36. The normalized spacial score (nSPS) is 14.3. The van der Waals surface area contributed by atoms with Crippen molar-refractivity contribution in [1.29, 1.82) is 0 Å². The van der Waals surface area contributed by atoms with E-state index in [4.69, 9.17) is 10.5 Å². The molecule has 0 aromatic carbocycles. The Morgan fingerprint density at radius 3 is 2.95 bits per heavy atom. The molecule has 1 aliphatic carbocycles. The molecule has 9 nitrogen and oxygen atoms in total. The van der Waals surface area contributed by atoms with Crippen molar-refractivity contribution < 1.29 is 4.74 Å². The smallest absolute Gasteiger partial charge is 0.258 e. The molecule has 2 aromatic heterocycles. The van der Waals surface area contributed by atoms with Crippen LogP contribution >= 0.6 is 0 Å². The van der Waals surface area contributed by atoms with Gasteiger partial charge in [0.2, 0.25) is 11.9 Å². The molecule has 112 valence electrons. The third kappa shape index (κ3) is 3.63. The minimum absolute atomic E-state index is 0.149. The molecule has 1 fully saturated rings. The monoisotopic (exact) mass is 290 g/mol. The number of nitrogens with two attached hydrogens (primary N) is 1. The molecule has 3 rings (SSSR count). The van der Waals surface area contributed by atoms with Gasteiger partial charge < -0.3 is 15.4 Å². The van der Waals surface area contributed by atoms with Crippen LogP contribution in [0.1, 0.15) is 12.8 Å². The maximum atomic E-state index is 5.72. The molecule has 2 heterocycles. The van der Waals surface area contributed by atoms with Crippen LogP contribution < -0.4 is 10.6 Å². The first kappa shape index (κ1) is 13.7. The van der Waals surface area contributed by atoms with Crippen molar-refractivity contribution in [2.75, 3.05) is 37.4 Å². The fraction of sp³-hybridized carbons (Fsp3) is 0.583. The Labute approximate surface area is 122 Å². The molecule has 0 spiro atoms. The minimum Gasteiger partial charge on any atom is -0.379 e. The molecule has 0 radical (unpaired) electrons. The van der Waals surface area contributed by atoms with Crippen LogP contribution in [0.25, 0.3) is 5.95 Å². The number of aromatic nitrogens is 6. The maximum absolute atomic E-state index is 5.72. The van der Waals surface area contributed by atoms with E-state index in [0.717, 1.165) is 12.5 Å². The van der Waals surface area contributed by atoms with Gasteiger partial charge in [-0.15, -0.1) is 0 Å². The number of hydrogen-bond acceptors (Lipinski definition) is 8. The van der Waals surface area contributed by atoms with Crippen LogP contribution in [0.2, 0.25) is 0 Å². The standard InChI is InChI=1S/C12H18N8O/c1-19(4-5-21-6-9-2-3-9)11-16-10(13)17-12(18-11)20-8-14-7-15-20/h7-9H,2-6H2,1H3,(H2,13,16,17,18). The van der Waals surface area contributed by atoms with Crippen LogP contribution in [-0.4, -0.2) is 56.5 Å². The first-order chi connectivity index (χ1) is 10.2. The summed E-state index contributed by atoms with van der Waals surface area (Å²) < 4.78 is 7.05. The number of likely N-dealkylation sites (N-methyl/N-ethyl adjacent to an activating group) is 1. The Kier molecular flexibility index (Phi) is 3.91. The van der Waals surface area contributed by atoms with E-state index in [9.17, 15) is 0 Å². The van der Waals surface area contributed by atoms with Gasteiger partial charge in [-0.05, 0) is 18.8 Å². The Morgan fingerprint density at radius 1 is 1.38 bits per heavy atom. The third-order valence-corrected chi connectivity index (χ3v) is 3.22. The van der Waals surface area contributed by atoms with Gasteiger partial charge in [-0.1, -0.05) is 0 Å². The summed E-state index contributed by atoms with van der Waals surface area (Å²) in [7, 11) is 1.89. The van der Waals surface area contributed by atoms with E-state index in [2.05, 4.69) is 25.0 Å². The molecule has 0 atom stereocenters. The molecule has 1 aliphatic rings. The highest BCUT2D eigenvalue weighted by atomic mass is 16.5. The number of anilines is 2. The largest absolute Gasteiger partial charge is 0.379 e. The average Bonchev–Trinajstić information content (AvgIpc) is 3.13. The molecule has 2 aromatic rings. The predicted octanol–water partition coefficient (Wildman–Crippen LogP) is -0.103. The molecule has 2 N–H and O–H groups in total. The number of nitrogen functional groups attached to an aromatic ring is 1. The van der Waals surface area contributed by atoms with Crippen LogP contribution in [0.3, 0.4) is 0 Å². The SMILES string of the molecule is CN(CCOCC1CC1)c1nc(N)nc(-n2cncn2)n1. The zero-order chi connectivity index (χ0) is 14.7. The van der Waals surface area contributed by atoms with Crippen LogP contribution in [0.5, 0.6) is 0 Å². The lowest BCUT2D eigenvalue weighted by Crippen LogP contribution is -2.26. The van der Waals surface area contributed by atoms with E-state index >= 15 is 0 Å². The van der Waals surface area contributed by atoms with E-state index in [1.165, 1.54) is 30.2 Å². The summed E-state index contributed by atoms with van der Waals surface area (Å²) in [5.74, 6) is 1.75. The Bertz CT molecular complexity index is 583. The zero-order valence-corrected chi connectivity index (χ0v) is 11.9. The van der Waals surface area contributed by atoms with Crippen LogP contribution in [0.15, 0.2) is 12.7 Å². The lowest BCUT2D eigenvalue weighted by Gasteiger charge is -2.17. The Hall–Kier alpha value is -2.29. The van der Waals surface area contributed by atoms with Crippen LogP contribution in [-0.2, 0) is 4.74 Å². The van der Waals surface area contributed by atoms with Gasteiger partial charge in [-0.2, -0.15) is 24.7 Å². The van der Waals surface area contributed by atoms with Crippen molar-refractivity contribution in [3.05, 3.63) is 12.7 Å². The molecular formula is C12H18N8O. The van der Waals surface area contributed by atoms with E-state index in [0.29, 0.717) is 25.0 Å². The molecule has 9 heteroatoms. The summed E-state index contributed by atoms with van der Waals surface area (Å²) in [5.41, 5.74) is 5.72. The maximum Gasteiger partial charge on any atom is 0.258 e. The van der Waals surface area contributed by atoms with Crippen LogP contribution in [0, 0.1) is 5.92 Å². The molecule has 0 aliphatic heterocycles. The number of nitrogens with zero attached hydrogens (tertiary/aromatic N) is 7. The molecule has 21 heavy (non-hydrogen) atoms. The predicted molar refractivity (Wildman–Crippen MR) is 76.0 cm³/mol. The summed E-state index contributed by atoms with van der Waals surface area (Å²) in [6.07, 6.45) is 5.51. The summed E-state index contributed by atoms with van der Waals surface area (Å²) in [4.78, 5) is 18.3. The van der Waals surface area contributed by atoms with E-state index in [1.54, 1.807) is 0 Å². The minimum atomic E-state index is 0.149. The van der Waals surface area contributed by atoms with Gasteiger partial charge in [-0.3, -0.25) is 0 Å². The number of rotatable bonds is 7. The lowest BCUT2D eigenvalue weighted by atomic mass is 10.5. The molecular weight excluding hydrogens is 272 g/mol. The van der Waals surface area contributed by atoms with Crippen molar-refractivity contribution in [3.8, 4) is 5.95 Å². The fourth-order valence-corrected chi connectivity index (χ4v) is 1.79. The zero-order valence-electron chi connectivity index (χ0n) is 11.9. The molecule has 0 bridgehead atoms. The quantitative estimate of drug-likeness (QED) is 0.704. The van der Waals surface area contributed by atoms with Gasteiger partial charge in [-0.25, -0.2) is 4.98 Å². The summed E-state index contributed by atoms with van der Waals surface area (Å²) in [6, 6.07) is 0. The molecule has 0 saturated heterocycles. The lowest BCUT2D eigenvalue weighted by molar-refractivity contribution is 0.130. The first-order valence-electron chi connectivity index (χ1n) is 6.88. The van der Waals surface area contributed by atoms with Gasteiger partial charge in [0, 0.05) is 20.2 Å². The van der Waals surface area contributed by atoms with Gasteiger partial charge in [0.25, 0.3) is 5.95 Å². The van der Waals surface area contributed by atoms with Crippen molar-refractivity contribution in [1.82, 2.24) is 29.7 Å². The average molecular weight is 290 g/mol. The van der Waals surface area contributed by atoms with E-state index in [1.807, 2.05) is 11.9 Å². The van der Waals surface area contributed by atoms with Gasteiger partial charge in [0.15, 0.2) is 0 Å². The number of ether oxygens (including phenoxy) is 1. The highest BCUT2D eigenvalue weighted by Crippen LogP contribution is 2.28. The van der Waals surface area contributed by atoms with E-state index in [-0.39, 0.29) is 5.95 Å². The summed E-state index contributed by atoms with van der Waals surface area (Å²) in [6.45, 7) is 2.17. The molecule has 1 saturated carbocycles. The second-order valence-corrected chi connectivity index (χ2v) is 5.07. The second kappa shape index (κ2) is 6.00. The molecule has 0 unspecified atom stereocenters. The summed E-state index contributed by atoms with van der Waals surface area (Å²) >= 11 is 0. The van der Waals surface area contributed by atoms with Crippen LogP contribution in [0.4, 0.5) is 11.9 Å². The number of hydrogen-bond donors (Lipinski definition) is 1. The molecule has 0 amide bonds. The first-order valence-corrected chi connectivity index (χ1v) is 6.88. The fourth-order valence-electron chi connectivity index (χ4n) is 1.79. The third-order valence-electron chi connectivity index (χ3n) is 3.22. The Balaban J connectivity index is 1.62. The van der Waals surface area contributed by atoms with Crippen molar-refractivity contribution in [2.45, 2.75) is 12.8 Å². The van der Waals surface area contributed by atoms with Gasteiger partial charge >= 0.3 is 0 Å².